The largest absolute Gasteiger partial charge is 4.00 e. The molecule has 1 aliphatic carbocycles. The smallest absolute Gasteiger partial charge is 1.00 e. The Bertz CT molecular complexity index is 399. The van der Waals surface area contributed by atoms with Gasteiger partial charge >= 0.3 is 37.2 Å². The summed E-state index contributed by atoms with van der Waals surface area (Å²) in [5.41, 5.74) is 5.75. The van der Waals surface area contributed by atoms with Crippen molar-refractivity contribution in [3.05, 3.63) is 65.1 Å². The van der Waals surface area contributed by atoms with Gasteiger partial charge < -0.3 is 31.2 Å². The van der Waals surface area contributed by atoms with Crippen molar-refractivity contribution in [2.45, 2.75) is 53.4 Å². The van der Waals surface area contributed by atoms with E-state index >= 15 is 0 Å². The second-order valence-corrected chi connectivity index (χ2v) is 5.30. The molecule has 0 bridgehead atoms. The molecule has 0 unspecified atom stereocenters. The molecule has 0 atom stereocenters. The summed E-state index contributed by atoms with van der Waals surface area (Å²) >= 11 is 0. The van der Waals surface area contributed by atoms with Crippen molar-refractivity contribution in [2.75, 3.05) is 0 Å². The maximum atomic E-state index is 2.36. The Balaban J connectivity index is -0.000000114. The summed E-state index contributed by atoms with van der Waals surface area (Å²) in [4.78, 5) is 0. The molecule has 122 valence electrons. The third-order valence-electron chi connectivity index (χ3n) is 3.80. The quantitative estimate of drug-likeness (QED) is 0.377. The number of rotatable bonds is 0. The van der Waals surface area contributed by atoms with Gasteiger partial charge in [0.1, 0.15) is 0 Å². The van der Waals surface area contributed by atoms with Gasteiger partial charge in [-0.15, -0.1) is 0 Å². The SMILES string of the molecule is Cc1c[c-](C)c(C)c1C.[CH-]1CCCC1.[Cl-].[Cl-].[Si+4].[Zr+4].c1cc[cH-]c1. The molecule has 0 N–H and O–H groups in total. The van der Waals surface area contributed by atoms with Crippen LogP contribution in [0.15, 0.2) is 36.4 Å². The van der Waals surface area contributed by atoms with E-state index in [1.807, 2.05) is 30.3 Å². The van der Waals surface area contributed by atoms with Crippen LogP contribution in [0.1, 0.15) is 47.9 Å². The molecule has 0 saturated heterocycles. The number of hydrogen-bond donors (Lipinski definition) is 0. The standard InChI is InChI=1S/C9H13.C5H9.C5H5.2ClH.Si.Zr/c1-6-5-7(2)9(4)8(6)3;2*1-2-4-5-3-1;;;;/h5H,1-4H3;1H,2-5H2;1-5H;2*1H;;/q3*-1;;;2*+4/p-2. The van der Waals surface area contributed by atoms with Gasteiger partial charge in [0.2, 0.25) is 0 Å². The molecule has 0 amide bonds. The Morgan fingerprint density at radius 2 is 1.43 bits per heavy atom. The van der Waals surface area contributed by atoms with Crippen LogP contribution in [-0.4, -0.2) is 11.0 Å². The predicted molar refractivity (Wildman–Crippen MR) is 91.5 cm³/mol. The molecule has 1 saturated carbocycles. The molecule has 2 aromatic rings. The van der Waals surface area contributed by atoms with Crippen molar-refractivity contribution in [3.8, 4) is 0 Å². The minimum absolute atomic E-state index is 0. The zero-order valence-corrected chi connectivity index (χ0v) is 19.6. The average Bonchev–Trinajstić information content (AvgIpc) is 3.14. The van der Waals surface area contributed by atoms with Gasteiger partial charge in [-0.25, -0.2) is 12.1 Å². The van der Waals surface area contributed by atoms with Crippen molar-refractivity contribution in [3.63, 3.8) is 0 Å². The fourth-order valence-corrected chi connectivity index (χ4v) is 2.18. The molecule has 1 aliphatic rings. The van der Waals surface area contributed by atoms with Crippen LogP contribution in [0.25, 0.3) is 0 Å². The van der Waals surface area contributed by atoms with Gasteiger partial charge in [-0.2, -0.15) is 59.4 Å². The Morgan fingerprint density at radius 3 is 1.57 bits per heavy atom. The van der Waals surface area contributed by atoms with Crippen LogP contribution >= 0.6 is 0 Å². The van der Waals surface area contributed by atoms with Crippen molar-refractivity contribution in [1.29, 1.82) is 0 Å². The normalized spacial score (nSPS) is 11.0. The third-order valence-corrected chi connectivity index (χ3v) is 3.80. The Labute approximate surface area is 179 Å². The van der Waals surface area contributed by atoms with Crippen LogP contribution in [0.3, 0.4) is 0 Å². The first kappa shape index (κ1) is 31.2. The molecule has 3 rings (SSSR count). The van der Waals surface area contributed by atoms with Crippen molar-refractivity contribution in [2.24, 2.45) is 0 Å². The van der Waals surface area contributed by atoms with Gasteiger partial charge in [0, 0.05) is 0 Å². The summed E-state index contributed by atoms with van der Waals surface area (Å²) < 4.78 is 0. The van der Waals surface area contributed by atoms with Crippen LogP contribution in [0.4, 0.5) is 0 Å². The molecular formula is C19H27Cl2SiZr+3. The van der Waals surface area contributed by atoms with Gasteiger partial charge in [0.25, 0.3) is 0 Å². The molecule has 23 heavy (non-hydrogen) atoms. The third kappa shape index (κ3) is 13.4. The van der Waals surface area contributed by atoms with Gasteiger partial charge in [-0.1, -0.05) is 40.5 Å². The van der Waals surface area contributed by atoms with E-state index in [0.717, 1.165) is 0 Å². The van der Waals surface area contributed by atoms with E-state index in [4.69, 9.17) is 0 Å². The Hall–Kier alpha value is 0.380. The summed E-state index contributed by atoms with van der Waals surface area (Å²) in [5.74, 6) is 0. The molecule has 4 heteroatoms. The first-order valence-electron chi connectivity index (χ1n) is 7.31. The average molecular weight is 446 g/mol. The van der Waals surface area contributed by atoms with Gasteiger partial charge in [-0.3, -0.25) is 0 Å². The summed E-state index contributed by atoms with van der Waals surface area (Å²) in [5, 5.41) is 0. The topological polar surface area (TPSA) is 0 Å². The van der Waals surface area contributed by atoms with Crippen molar-refractivity contribution >= 4 is 11.0 Å². The first-order valence-corrected chi connectivity index (χ1v) is 7.31. The van der Waals surface area contributed by atoms with Crippen LogP contribution in [0.2, 0.25) is 0 Å². The van der Waals surface area contributed by atoms with E-state index in [1.165, 1.54) is 47.9 Å². The van der Waals surface area contributed by atoms with E-state index < -0.39 is 0 Å². The van der Waals surface area contributed by atoms with Gasteiger partial charge in [0.15, 0.2) is 0 Å². The fourth-order valence-electron chi connectivity index (χ4n) is 2.18. The van der Waals surface area contributed by atoms with E-state index in [1.54, 1.807) is 0 Å². The molecule has 0 radical (unpaired) electrons. The molecule has 0 aliphatic heterocycles. The summed E-state index contributed by atoms with van der Waals surface area (Å²) in [6, 6.07) is 12.2. The molecular weight excluding hydrogens is 418 g/mol. The van der Waals surface area contributed by atoms with Gasteiger partial charge in [-0.05, 0) is 0 Å². The number of aryl methyl sites for hydroxylation is 2. The Kier molecular flexibility index (Phi) is 25.4. The zero-order chi connectivity index (χ0) is 14.1. The minimum atomic E-state index is 0. The summed E-state index contributed by atoms with van der Waals surface area (Å²) in [6.07, 6.45) is 8.00. The van der Waals surface area contributed by atoms with Crippen LogP contribution in [0.5, 0.6) is 0 Å². The van der Waals surface area contributed by atoms with Crippen LogP contribution in [0, 0.1) is 34.1 Å². The van der Waals surface area contributed by atoms with Crippen LogP contribution < -0.4 is 24.8 Å². The predicted octanol–water partition coefficient (Wildman–Crippen LogP) is -0.566. The van der Waals surface area contributed by atoms with E-state index in [9.17, 15) is 0 Å². The summed E-state index contributed by atoms with van der Waals surface area (Å²) in [6.45, 7) is 8.68. The second kappa shape index (κ2) is 18.7. The molecule has 0 spiro atoms. The van der Waals surface area contributed by atoms with E-state index in [2.05, 4.69) is 40.2 Å². The van der Waals surface area contributed by atoms with Crippen LogP contribution in [-0.2, 0) is 26.2 Å². The number of halogens is 2. The zero-order valence-electron chi connectivity index (χ0n) is 14.6. The van der Waals surface area contributed by atoms with Crippen molar-refractivity contribution < 1.29 is 51.0 Å². The minimum Gasteiger partial charge on any atom is -1.00 e. The Morgan fingerprint density at radius 1 is 0.957 bits per heavy atom. The monoisotopic (exact) mass is 443 g/mol. The molecule has 2 aromatic carbocycles. The first-order chi connectivity index (χ1) is 9.13. The molecule has 0 aromatic heterocycles. The summed E-state index contributed by atoms with van der Waals surface area (Å²) in [7, 11) is 0. The van der Waals surface area contributed by atoms with E-state index in [-0.39, 0.29) is 62.0 Å². The second-order valence-electron chi connectivity index (χ2n) is 5.30. The molecule has 1 fully saturated rings. The maximum absolute atomic E-state index is 2.36. The van der Waals surface area contributed by atoms with Gasteiger partial charge in [0.05, 0.1) is 0 Å². The molecule has 0 heterocycles. The molecule has 0 nitrogen and oxygen atoms in total. The van der Waals surface area contributed by atoms with Crippen molar-refractivity contribution in [1.82, 2.24) is 0 Å². The maximum Gasteiger partial charge on any atom is 4.00 e. The van der Waals surface area contributed by atoms with E-state index in [0.29, 0.717) is 0 Å². The number of hydrogen-bond acceptors (Lipinski definition) is 0. The fraction of sp³-hybridized carbons (Fsp3) is 0.421.